The van der Waals surface area contributed by atoms with Gasteiger partial charge in [-0.15, -0.1) is 0 Å². The number of hydrogen-bond acceptors (Lipinski definition) is 3. The second kappa shape index (κ2) is 4.96. The van der Waals surface area contributed by atoms with Gasteiger partial charge < -0.3 is 13.9 Å². The van der Waals surface area contributed by atoms with Gasteiger partial charge in [-0.2, -0.15) is 0 Å². The molecule has 0 atom stereocenters. The lowest BCUT2D eigenvalue weighted by Crippen LogP contribution is -2.41. The molecule has 1 fully saturated rings. The average molecular weight is 298 g/mol. The van der Waals surface area contributed by atoms with E-state index in [1.165, 1.54) is 0 Å². The van der Waals surface area contributed by atoms with Gasteiger partial charge in [0.15, 0.2) is 0 Å². The summed E-state index contributed by atoms with van der Waals surface area (Å²) < 4.78 is 14.3. The third kappa shape index (κ3) is 2.48. The number of aryl methyl sites for hydroxylation is 2. The molecule has 3 rings (SSSR count). The van der Waals surface area contributed by atoms with Crippen LogP contribution < -0.4 is 5.46 Å². The molecule has 0 radical (unpaired) electrons. The number of aromatic nitrogens is 2. The maximum atomic E-state index is 6.08. The van der Waals surface area contributed by atoms with E-state index in [9.17, 15) is 0 Å². The van der Waals surface area contributed by atoms with Crippen molar-refractivity contribution >= 4 is 12.6 Å². The van der Waals surface area contributed by atoms with Crippen molar-refractivity contribution in [2.45, 2.75) is 52.7 Å². The standard InChI is InChI=1S/C17H23BN2O2/c1-12-11-20(13(2)19-12)15-9-7-14(8-10-15)18-21-16(3,4)17(5,6)22-18/h7-11H,1-6H3. The molecular weight excluding hydrogens is 275 g/mol. The van der Waals surface area contributed by atoms with E-state index in [-0.39, 0.29) is 18.3 Å². The fourth-order valence-electron chi connectivity index (χ4n) is 2.65. The van der Waals surface area contributed by atoms with Gasteiger partial charge in [0, 0.05) is 11.9 Å². The van der Waals surface area contributed by atoms with Gasteiger partial charge in [0.05, 0.1) is 16.9 Å². The van der Waals surface area contributed by atoms with E-state index in [2.05, 4.69) is 61.5 Å². The third-order valence-electron chi connectivity index (χ3n) is 4.70. The van der Waals surface area contributed by atoms with E-state index in [0.29, 0.717) is 0 Å². The summed E-state index contributed by atoms with van der Waals surface area (Å²) in [5.74, 6) is 0.987. The third-order valence-corrected chi connectivity index (χ3v) is 4.70. The fraction of sp³-hybridized carbons (Fsp3) is 0.471. The van der Waals surface area contributed by atoms with Crippen LogP contribution in [0, 0.1) is 13.8 Å². The lowest BCUT2D eigenvalue weighted by Gasteiger charge is -2.32. The molecule has 0 saturated carbocycles. The van der Waals surface area contributed by atoms with Gasteiger partial charge >= 0.3 is 7.12 Å². The summed E-state index contributed by atoms with van der Waals surface area (Å²) in [5.41, 5.74) is 2.53. The van der Waals surface area contributed by atoms with Gasteiger partial charge in [-0.25, -0.2) is 4.98 Å². The zero-order chi connectivity index (χ0) is 16.1. The molecule has 0 amide bonds. The Balaban J connectivity index is 1.85. The van der Waals surface area contributed by atoms with Crippen molar-refractivity contribution in [3.05, 3.63) is 42.0 Å². The summed E-state index contributed by atoms with van der Waals surface area (Å²) in [6, 6.07) is 8.28. The molecule has 2 heterocycles. The van der Waals surface area contributed by atoms with Gasteiger partial charge in [-0.1, -0.05) is 12.1 Å². The zero-order valence-corrected chi connectivity index (χ0v) is 14.2. The van der Waals surface area contributed by atoms with Crippen molar-refractivity contribution in [2.24, 2.45) is 0 Å². The first-order chi connectivity index (χ1) is 10.2. The van der Waals surface area contributed by atoms with E-state index >= 15 is 0 Å². The molecule has 0 N–H and O–H groups in total. The average Bonchev–Trinajstić information content (AvgIpc) is 2.86. The molecule has 0 bridgehead atoms. The van der Waals surface area contributed by atoms with Crippen LogP contribution in [0.3, 0.4) is 0 Å². The van der Waals surface area contributed by atoms with E-state index in [1.807, 2.05) is 20.0 Å². The lowest BCUT2D eigenvalue weighted by molar-refractivity contribution is 0.00578. The smallest absolute Gasteiger partial charge is 0.399 e. The van der Waals surface area contributed by atoms with E-state index in [4.69, 9.17) is 9.31 Å². The van der Waals surface area contributed by atoms with Crippen LogP contribution in [0.2, 0.25) is 0 Å². The van der Waals surface area contributed by atoms with Gasteiger partial charge in [-0.3, -0.25) is 0 Å². The SMILES string of the molecule is Cc1cn(-c2ccc(B3OC(C)(C)C(C)(C)O3)cc2)c(C)n1. The second-order valence-corrected chi connectivity index (χ2v) is 6.98. The quantitative estimate of drug-likeness (QED) is 0.800. The van der Waals surface area contributed by atoms with Crippen LogP contribution in [0.4, 0.5) is 0 Å². The second-order valence-electron chi connectivity index (χ2n) is 6.98. The minimum Gasteiger partial charge on any atom is -0.399 e. The molecule has 0 unspecified atom stereocenters. The lowest BCUT2D eigenvalue weighted by atomic mass is 9.79. The number of hydrogen-bond donors (Lipinski definition) is 0. The van der Waals surface area contributed by atoms with Crippen molar-refractivity contribution < 1.29 is 9.31 Å². The normalized spacial score (nSPS) is 19.6. The van der Waals surface area contributed by atoms with Crippen molar-refractivity contribution in [1.82, 2.24) is 9.55 Å². The summed E-state index contributed by atoms with van der Waals surface area (Å²) >= 11 is 0. The Hall–Kier alpha value is -1.59. The molecule has 1 aliphatic heterocycles. The summed E-state index contributed by atoms with van der Waals surface area (Å²) in [6.45, 7) is 12.3. The molecule has 2 aromatic rings. The number of benzene rings is 1. The van der Waals surface area contributed by atoms with Crippen LogP contribution in [0.1, 0.15) is 39.2 Å². The minimum atomic E-state index is -0.315. The highest BCUT2D eigenvalue weighted by atomic mass is 16.7. The maximum Gasteiger partial charge on any atom is 0.494 e. The van der Waals surface area contributed by atoms with Crippen molar-refractivity contribution in [3.8, 4) is 5.69 Å². The van der Waals surface area contributed by atoms with Gasteiger partial charge in [0.1, 0.15) is 5.82 Å². The summed E-state index contributed by atoms with van der Waals surface area (Å²) in [6.07, 6.45) is 2.04. The highest BCUT2D eigenvalue weighted by molar-refractivity contribution is 6.62. The Bertz CT molecular complexity index is 673. The van der Waals surface area contributed by atoms with Crippen LogP contribution in [0.25, 0.3) is 5.69 Å². The fourth-order valence-corrected chi connectivity index (χ4v) is 2.65. The molecule has 1 aromatic heterocycles. The van der Waals surface area contributed by atoms with Crippen molar-refractivity contribution in [2.75, 3.05) is 0 Å². The predicted octanol–water partition coefficient (Wildman–Crippen LogP) is 2.79. The maximum absolute atomic E-state index is 6.08. The van der Waals surface area contributed by atoms with Gasteiger partial charge in [0.2, 0.25) is 0 Å². The first-order valence-corrected chi connectivity index (χ1v) is 7.68. The molecule has 0 aliphatic carbocycles. The van der Waals surface area contributed by atoms with Crippen molar-refractivity contribution in [1.29, 1.82) is 0 Å². The van der Waals surface area contributed by atoms with Crippen LogP contribution in [-0.4, -0.2) is 27.9 Å². The summed E-state index contributed by atoms with van der Waals surface area (Å²) in [7, 11) is -0.315. The van der Waals surface area contributed by atoms with Crippen LogP contribution in [0.5, 0.6) is 0 Å². The molecule has 22 heavy (non-hydrogen) atoms. The van der Waals surface area contributed by atoms with Crippen LogP contribution >= 0.6 is 0 Å². The Kier molecular flexibility index (Phi) is 3.46. The predicted molar refractivity (Wildman–Crippen MR) is 88.8 cm³/mol. The molecule has 0 spiro atoms. The summed E-state index contributed by atoms with van der Waals surface area (Å²) in [4.78, 5) is 4.44. The number of imidazole rings is 1. The largest absolute Gasteiger partial charge is 0.494 e. The monoisotopic (exact) mass is 298 g/mol. The highest BCUT2D eigenvalue weighted by Crippen LogP contribution is 2.36. The number of nitrogens with zero attached hydrogens (tertiary/aromatic N) is 2. The molecule has 4 nitrogen and oxygen atoms in total. The van der Waals surface area contributed by atoms with Gasteiger partial charge in [0.25, 0.3) is 0 Å². The van der Waals surface area contributed by atoms with Crippen LogP contribution in [0.15, 0.2) is 30.5 Å². The Morgan fingerprint density at radius 1 is 0.955 bits per heavy atom. The summed E-state index contributed by atoms with van der Waals surface area (Å²) in [5, 5.41) is 0. The van der Waals surface area contributed by atoms with Crippen LogP contribution in [-0.2, 0) is 9.31 Å². The first kappa shape index (κ1) is 15.3. The molecule has 116 valence electrons. The molecule has 1 saturated heterocycles. The first-order valence-electron chi connectivity index (χ1n) is 7.68. The van der Waals surface area contributed by atoms with E-state index < -0.39 is 0 Å². The Labute approximate surface area is 132 Å². The van der Waals surface area contributed by atoms with Gasteiger partial charge in [-0.05, 0) is 59.1 Å². The van der Waals surface area contributed by atoms with E-state index in [0.717, 1.165) is 22.7 Å². The van der Waals surface area contributed by atoms with E-state index in [1.54, 1.807) is 0 Å². The number of rotatable bonds is 2. The molecule has 1 aromatic carbocycles. The minimum absolute atomic E-state index is 0.311. The molecule has 5 heteroatoms. The highest BCUT2D eigenvalue weighted by Gasteiger charge is 2.51. The Morgan fingerprint density at radius 3 is 1.95 bits per heavy atom. The molecule has 1 aliphatic rings. The van der Waals surface area contributed by atoms with Crippen molar-refractivity contribution in [3.63, 3.8) is 0 Å². The zero-order valence-electron chi connectivity index (χ0n) is 14.2. The Morgan fingerprint density at radius 2 is 1.50 bits per heavy atom. The molecular formula is C17H23BN2O2. The topological polar surface area (TPSA) is 36.3 Å².